The van der Waals surface area contributed by atoms with Crippen molar-refractivity contribution in [2.24, 2.45) is 0 Å². The average Bonchev–Trinajstić information content (AvgIpc) is 3.17. The van der Waals surface area contributed by atoms with Crippen molar-refractivity contribution in [3.63, 3.8) is 0 Å². The van der Waals surface area contributed by atoms with E-state index in [0.717, 1.165) is 24.4 Å². The topological polar surface area (TPSA) is 48.5 Å². The average molecular weight is 267 g/mol. The Bertz CT molecular complexity index is 642. The minimum absolute atomic E-state index is 0.358. The fraction of sp³-hybridized carbons (Fsp3) is 0.267. The molecule has 3 heterocycles. The third-order valence-electron chi connectivity index (χ3n) is 3.40. The number of hydrogen-bond acceptors (Lipinski definition) is 3. The van der Waals surface area contributed by atoms with E-state index in [1.807, 2.05) is 53.9 Å². The first-order valence-corrected chi connectivity index (χ1v) is 6.75. The van der Waals surface area contributed by atoms with Crippen LogP contribution in [0.4, 0.5) is 0 Å². The molecular weight excluding hydrogens is 250 g/mol. The molecular formula is C15H17N5. The lowest BCUT2D eigenvalue weighted by atomic mass is 10.2. The number of rotatable bonds is 5. The molecule has 0 saturated heterocycles. The second-order valence-electron chi connectivity index (χ2n) is 4.81. The Morgan fingerprint density at radius 2 is 2.10 bits per heavy atom. The van der Waals surface area contributed by atoms with E-state index in [0.29, 0.717) is 6.04 Å². The Morgan fingerprint density at radius 1 is 1.15 bits per heavy atom. The third-order valence-corrected chi connectivity index (χ3v) is 3.40. The summed E-state index contributed by atoms with van der Waals surface area (Å²) in [5.74, 6) is 0.964. The summed E-state index contributed by atoms with van der Waals surface area (Å²) in [5, 5.41) is 4.23. The molecule has 102 valence electrons. The van der Waals surface area contributed by atoms with E-state index < -0.39 is 0 Å². The van der Waals surface area contributed by atoms with Crippen molar-refractivity contribution in [2.45, 2.75) is 25.9 Å². The number of aromatic nitrogens is 5. The van der Waals surface area contributed by atoms with Crippen molar-refractivity contribution < 1.29 is 0 Å². The second-order valence-corrected chi connectivity index (χ2v) is 4.81. The summed E-state index contributed by atoms with van der Waals surface area (Å²) in [6.45, 7) is 3.10. The van der Waals surface area contributed by atoms with Crippen LogP contribution in [0.3, 0.4) is 0 Å². The van der Waals surface area contributed by atoms with Gasteiger partial charge >= 0.3 is 0 Å². The van der Waals surface area contributed by atoms with Crippen molar-refractivity contribution in [1.29, 1.82) is 0 Å². The summed E-state index contributed by atoms with van der Waals surface area (Å²) in [6, 6.07) is 6.27. The van der Waals surface area contributed by atoms with Gasteiger partial charge in [0.15, 0.2) is 0 Å². The Balaban J connectivity index is 1.75. The molecule has 0 aliphatic heterocycles. The molecule has 0 aliphatic carbocycles. The van der Waals surface area contributed by atoms with E-state index in [-0.39, 0.29) is 0 Å². The van der Waals surface area contributed by atoms with Crippen LogP contribution in [-0.4, -0.2) is 24.3 Å². The zero-order valence-electron chi connectivity index (χ0n) is 11.4. The highest BCUT2D eigenvalue weighted by Crippen LogP contribution is 2.22. The fourth-order valence-electron chi connectivity index (χ4n) is 2.28. The first-order chi connectivity index (χ1) is 9.84. The summed E-state index contributed by atoms with van der Waals surface area (Å²) < 4.78 is 4.15. The molecule has 0 amide bonds. The van der Waals surface area contributed by atoms with Crippen molar-refractivity contribution in [3.8, 4) is 11.4 Å². The molecule has 0 aliphatic rings. The number of pyridine rings is 1. The van der Waals surface area contributed by atoms with Crippen molar-refractivity contribution in [3.05, 3.63) is 55.4 Å². The summed E-state index contributed by atoms with van der Waals surface area (Å²) in [6.07, 6.45) is 12.3. The van der Waals surface area contributed by atoms with Gasteiger partial charge in [0, 0.05) is 55.3 Å². The molecule has 1 atom stereocenters. The zero-order valence-corrected chi connectivity index (χ0v) is 11.4. The van der Waals surface area contributed by atoms with Crippen molar-refractivity contribution in [2.75, 3.05) is 0 Å². The first-order valence-electron chi connectivity index (χ1n) is 6.75. The highest BCUT2D eigenvalue weighted by atomic mass is 15.3. The summed E-state index contributed by atoms with van der Waals surface area (Å²) >= 11 is 0. The monoisotopic (exact) mass is 267 g/mol. The van der Waals surface area contributed by atoms with E-state index in [1.165, 1.54) is 0 Å². The van der Waals surface area contributed by atoms with Crippen LogP contribution in [0.1, 0.15) is 19.4 Å². The van der Waals surface area contributed by atoms with Gasteiger partial charge in [0.2, 0.25) is 0 Å². The Hall–Kier alpha value is -2.43. The van der Waals surface area contributed by atoms with Gasteiger partial charge in [-0.3, -0.25) is 9.67 Å². The van der Waals surface area contributed by atoms with Gasteiger partial charge in [0.25, 0.3) is 0 Å². The van der Waals surface area contributed by atoms with Crippen LogP contribution in [0, 0.1) is 0 Å². The molecule has 3 aromatic heterocycles. The van der Waals surface area contributed by atoms with Crippen LogP contribution in [0.5, 0.6) is 0 Å². The smallest absolute Gasteiger partial charge is 0.141 e. The molecule has 0 saturated carbocycles. The Morgan fingerprint density at radius 3 is 2.85 bits per heavy atom. The third kappa shape index (κ3) is 2.61. The maximum Gasteiger partial charge on any atom is 0.141 e. The van der Waals surface area contributed by atoms with Gasteiger partial charge in [-0.15, -0.1) is 0 Å². The lowest BCUT2D eigenvalue weighted by Crippen LogP contribution is -2.10. The minimum atomic E-state index is 0.358. The molecule has 0 radical (unpaired) electrons. The summed E-state index contributed by atoms with van der Waals surface area (Å²) in [4.78, 5) is 8.61. The van der Waals surface area contributed by atoms with Crippen molar-refractivity contribution >= 4 is 0 Å². The predicted molar refractivity (Wildman–Crippen MR) is 77.0 cm³/mol. The van der Waals surface area contributed by atoms with Gasteiger partial charge in [0.1, 0.15) is 5.82 Å². The molecule has 3 aromatic rings. The molecule has 0 aromatic carbocycles. The zero-order chi connectivity index (χ0) is 13.8. The molecule has 0 fully saturated rings. The molecule has 20 heavy (non-hydrogen) atoms. The molecule has 0 N–H and O–H groups in total. The number of nitrogens with zero attached hydrogens (tertiary/aromatic N) is 5. The van der Waals surface area contributed by atoms with Crippen LogP contribution in [0.15, 0.2) is 55.4 Å². The molecule has 3 rings (SSSR count). The highest BCUT2D eigenvalue weighted by Gasteiger charge is 2.11. The number of hydrogen-bond donors (Lipinski definition) is 0. The Labute approximate surface area is 117 Å². The maximum atomic E-state index is 4.45. The van der Waals surface area contributed by atoms with Gasteiger partial charge < -0.3 is 4.57 Å². The van der Waals surface area contributed by atoms with E-state index in [9.17, 15) is 0 Å². The van der Waals surface area contributed by atoms with Crippen LogP contribution < -0.4 is 0 Å². The summed E-state index contributed by atoms with van der Waals surface area (Å²) in [7, 11) is 0. The van der Waals surface area contributed by atoms with Gasteiger partial charge in [-0.1, -0.05) is 0 Å². The molecule has 5 heteroatoms. The SMILES string of the molecule is CC(CCn1cccn1)n1ccnc1-c1cccnc1. The van der Waals surface area contributed by atoms with Gasteiger partial charge in [-0.05, 0) is 31.5 Å². The largest absolute Gasteiger partial charge is 0.328 e. The molecule has 0 bridgehead atoms. The number of aryl methyl sites for hydroxylation is 1. The van der Waals surface area contributed by atoms with Crippen molar-refractivity contribution in [1.82, 2.24) is 24.3 Å². The lowest BCUT2D eigenvalue weighted by Gasteiger charge is -2.16. The van der Waals surface area contributed by atoms with E-state index in [4.69, 9.17) is 0 Å². The van der Waals surface area contributed by atoms with E-state index in [2.05, 4.69) is 26.6 Å². The number of imidazole rings is 1. The quantitative estimate of drug-likeness (QED) is 0.714. The summed E-state index contributed by atoms with van der Waals surface area (Å²) in [5.41, 5.74) is 1.04. The standard InChI is InChI=1S/C15H17N5/c1-13(5-10-19-9-3-7-18-19)20-11-8-17-15(20)14-4-2-6-16-12-14/h2-4,6-9,11-13H,5,10H2,1H3. The molecule has 0 spiro atoms. The van der Waals surface area contributed by atoms with Crippen LogP contribution >= 0.6 is 0 Å². The van der Waals surface area contributed by atoms with Gasteiger partial charge in [0.05, 0.1) is 0 Å². The predicted octanol–water partition coefficient (Wildman–Crippen LogP) is 2.79. The van der Waals surface area contributed by atoms with E-state index in [1.54, 1.807) is 6.20 Å². The van der Waals surface area contributed by atoms with Gasteiger partial charge in [-0.25, -0.2) is 4.98 Å². The maximum absolute atomic E-state index is 4.45. The second kappa shape index (κ2) is 5.69. The minimum Gasteiger partial charge on any atom is -0.328 e. The fourth-order valence-corrected chi connectivity index (χ4v) is 2.28. The van der Waals surface area contributed by atoms with E-state index >= 15 is 0 Å². The Kier molecular flexibility index (Phi) is 3.58. The van der Waals surface area contributed by atoms with Crippen LogP contribution in [-0.2, 0) is 6.54 Å². The van der Waals surface area contributed by atoms with Crippen LogP contribution in [0.2, 0.25) is 0 Å². The van der Waals surface area contributed by atoms with Gasteiger partial charge in [-0.2, -0.15) is 5.10 Å². The normalized spacial score (nSPS) is 12.4. The first kappa shape index (κ1) is 12.6. The van der Waals surface area contributed by atoms with Crippen LogP contribution in [0.25, 0.3) is 11.4 Å². The highest BCUT2D eigenvalue weighted by molar-refractivity contribution is 5.53. The lowest BCUT2D eigenvalue weighted by molar-refractivity contribution is 0.449. The molecule has 1 unspecified atom stereocenters. The molecule has 5 nitrogen and oxygen atoms in total.